The summed E-state index contributed by atoms with van der Waals surface area (Å²) in [4.78, 5) is 11.9. The molecule has 1 aliphatic rings. The van der Waals surface area contributed by atoms with Crippen LogP contribution in [0, 0.1) is 6.92 Å². The Labute approximate surface area is 113 Å². The molecule has 1 fully saturated rings. The van der Waals surface area contributed by atoms with Crippen molar-refractivity contribution < 1.29 is 4.79 Å². The number of amides is 1. The van der Waals surface area contributed by atoms with Crippen molar-refractivity contribution in [2.24, 2.45) is 0 Å². The topological polar surface area (TPSA) is 55.1 Å². The molecule has 4 heteroatoms. The smallest absolute Gasteiger partial charge is 0.234 e. The molecule has 18 heavy (non-hydrogen) atoms. The van der Waals surface area contributed by atoms with Crippen molar-refractivity contribution in [2.45, 2.75) is 37.9 Å². The van der Waals surface area contributed by atoms with Gasteiger partial charge in [0, 0.05) is 16.6 Å². The zero-order chi connectivity index (χ0) is 13.0. The number of carbonyl (C=O) groups excluding carboxylic acids is 1. The van der Waals surface area contributed by atoms with Crippen LogP contribution < -0.4 is 11.1 Å². The molecular weight excluding hydrogens is 244 g/mol. The van der Waals surface area contributed by atoms with Gasteiger partial charge in [0.05, 0.1) is 5.75 Å². The summed E-state index contributed by atoms with van der Waals surface area (Å²) in [7, 11) is 0. The number of carbonyl (C=O) groups is 1. The first kappa shape index (κ1) is 13.3. The van der Waals surface area contributed by atoms with E-state index in [2.05, 4.69) is 5.32 Å². The van der Waals surface area contributed by atoms with Crippen LogP contribution in [0.2, 0.25) is 0 Å². The average Bonchev–Trinajstić information content (AvgIpc) is 2.86. The van der Waals surface area contributed by atoms with E-state index in [9.17, 15) is 4.79 Å². The lowest BCUT2D eigenvalue weighted by Gasteiger charge is -2.11. The van der Waals surface area contributed by atoms with Gasteiger partial charge in [0.1, 0.15) is 0 Å². The molecule has 0 saturated heterocycles. The first-order chi connectivity index (χ1) is 8.66. The third kappa shape index (κ3) is 3.42. The maximum absolute atomic E-state index is 11.9. The van der Waals surface area contributed by atoms with Crippen molar-refractivity contribution in [1.29, 1.82) is 0 Å². The van der Waals surface area contributed by atoms with Gasteiger partial charge in [-0.25, -0.2) is 0 Å². The van der Waals surface area contributed by atoms with Gasteiger partial charge in [-0.15, -0.1) is 11.8 Å². The number of nitrogen functional groups attached to an aromatic ring is 1. The molecule has 0 spiro atoms. The van der Waals surface area contributed by atoms with Crippen LogP contribution in [0.3, 0.4) is 0 Å². The van der Waals surface area contributed by atoms with Gasteiger partial charge in [-0.2, -0.15) is 0 Å². The minimum atomic E-state index is 0.0700. The van der Waals surface area contributed by atoms with Gasteiger partial charge < -0.3 is 11.1 Å². The lowest BCUT2D eigenvalue weighted by Crippen LogP contribution is -2.16. The predicted molar refractivity (Wildman–Crippen MR) is 78.9 cm³/mol. The molecular formula is C14H20N2OS. The average molecular weight is 264 g/mol. The van der Waals surface area contributed by atoms with Crippen LogP contribution in [0.15, 0.2) is 18.2 Å². The summed E-state index contributed by atoms with van der Waals surface area (Å²) in [5, 5.41) is 3.61. The Bertz CT molecular complexity index is 428. The number of nitrogens with one attached hydrogen (secondary N) is 1. The van der Waals surface area contributed by atoms with Crippen LogP contribution in [-0.2, 0) is 4.79 Å². The number of nitrogens with two attached hydrogens (primary N) is 1. The number of thioether (sulfide) groups is 1. The van der Waals surface area contributed by atoms with E-state index in [-0.39, 0.29) is 5.91 Å². The first-order valence-electron chi connectivity index (χ1n) is 6.43. The van der Waals surface area contributed by atoms with Gasteiger partial charge in [0.25, 0.3) is 0 Å². The van der Waals surface area contributed by atoms with Crippen LogP contribution in [-0.4, -0.2) is 16.9 Å². The van der Waals surface area contributed by atoms with Crippen LogP contribution in [0.25, 0.3) is 0 Å². The minimum absolute atomic E-state index is 0.0700. The van der Waals surface area contributed by atoms with Gasteiger partial charge in [-0.1, -0.05) is 18.9 Å². The summed E-state index contributed by atoms with van der Waals surface area (Å²) in [5.74, 6) is 0.611. The van der Waals surface area contributed by atoms with Gasteiger partial charge in [-0.05, 0) is 37.5 Å². The van der Waals surface area contributed by atoms with Gasteiger partial charge in [-0.3, -0.25) is 4.79 Å². The molecule has 0 unspecified atom stereocenters. The van der Waals surface area contributed by atoms with E-state index >= 15 is 0 Å². The zero-order valence-corrected chi connectivity index (χ0v) is 11.6. The fourth-order valence-electron chi connectivity index (χ4n) is 2.22. The fourth-order valence-corrected chi connectivity index (χ4v) is 3.35. The standard InChI is InChI=1S/C14H20N2OS/c1-10-12(15)7-4-8-13(10)16-14(17)9-18-11-5-2-3-6-11/h4,7-8,11H,2-3,5-6,9,15H2,1H3,(H,16,17). The summed E-state index contributed by atoms with van der Waals surface area (Å²) >= 11 is 1.78. The molecule has 1 saturated carbocycles. The third-order valence-electron chi connectivity index (χ3n) is 3.40. The second kappa shape index (κ2) is 6.14. The van der Waals surface area contributed by atoms with Crippen molar-refractivity contribution in [3.05, 3.63) is 23.8 Å². The van der Waals surface area contributed by atoms with E-state index in [0.29, 0.717) is 11.0 Å². The number of hydrogen-bond donors (Lipinski definition) is 2. The maximum atomic E-state index is 11.9. The highest BCUT2D eigenvalue weighted by Gasteiger charge is 2.16. The summed E-state index contributed by atoms with van der Waals surface area (Å²) in [6, 6.07) is 5.60. The van der Waals surface area contributed by atoms with Crippen LogP contribution in [0.4, 0.5) is 11.4 Å². The summed E-state index contributed by atoms with van der Waals surface area (Å²) < 4.78 is 0. The molecule has 1 aliphatic carbocycles. The van der Waals surface area contributed by atoms with Crippen molar-refractivity contribution in [3.8, 4) is 0 Å². The fraction of sp³-hybridized carbons (Fsp3) is 0.500. The second-order valence-electron chi connectivity index (χ2n) is 4.79. The van der Waals surface area contributed by atoms with Gasteiger partial charge in [0.2, 0.25) is 5.91 Å². The Morgan fingerprint density at radius 2 is 2.17 bits per heavy atom. The molecule has 2 rings (SSSR count). The highest BCUT2D eigenvalue weighted by Crippen LogP contribution is 2.29. The van der Waals surface area contributed by atoms with E-state index < -0.39 is 0 Å². The molecule has 1 aromatic carbocycles. The van der Waals surface area contributed by atoms with Gasteiger partial charge in [0.15, 0.2) is 0 Å². The quantitative estimate of drug-likeness (QED) is 0.821. The molecule has 0 heterocycles. The van der Waals surface area contributed by atoms with Crippen LogP contribution in [0.5, 0.6) is 0 Å². The molecule has 3 N–H and O–H groups in total. The largest absolute Gasteiger partial charge is 0.398 e. The maximum Gasteiger partial charge on any atom is 0.234 e. The Kier molecular flexibility index (Phi) is 4.53. The second-order valence-corrected chi connectivity index (χ2v) is 6.07. The summed E-state index contributed by atoms with van der Waals surface area (Å²) in [5.41, 5.74) is 8.30. The molecule has 0 aliphatic heterocycles. The molecule has 0 bridgehead atoms. The zero-order valence-electron chi connectivity index (χ0n) is 10.7. The lowest BCUT2D eigenvalue weighted by molar-refractivity contribution is -0.113. The monoisotopic (exact) mass is 264 g/mol. The number of hydrogen-bond acceptors (Lipinski definition) is 3. The van der Waals surface area contributed by atoms with Crippen molar-refractivity contribution in [1.82, 2.24) is 0 Å². The van der Waals surface area contributed by atoms with E-state index in [4.69, 9.17) is 5.73 Å². The van der Waals surface area contributed by atoms with E-state index in [1.807, 2.05) is 25.1 Å². The third-order valence-corrected chi connectivity index (χ3v) is 4.77. The van der Waals surface area contributed by atoms with E-state index in [1.54, 1.807) is 11.8 Å². The van der Waals surface area contributed by atoms with Crippen molar-refractivity contribution in [2.75, 3.05) is 16.8 Å². The van der Waals surface area contributed by atoms with Crippen LogP contribution >= 0.6 is 11.8 Å². The molecule has 1 amide bonds. The highest BCUT2D eigenvalue weighted by molar-refractivity contribution is 8.00. The Morgan fingerprint density at radius 1 is 1.44 bits per heavy atom. The van der Waals surface area contributed by atoms with E-state index in [0.717, 1.165) is 16.9 Å². The summed E-state index contributed by atoms with van der Waals surface area (Å²) in [6.07, 6.45) is 5.14. The molecule has 0 radical (unpaired) electrons. The summed E-state index contributed by atoms with van der Waals surface area (Å²) in [6.45, 7) is 1.93. The number of anilines is 2. The number of rotatable bonds is 4. The van der Waals surface area contributed by atoms with Gasteiger partial charge >= 0.3 is 0 Å². The Hall–Kier alpha value is -1.16. The normalized spacial score (nSPS) is 15.8. The molecule has 3 nitrogen and oxygen atoms in total. The van der Waals surface area contributed by atoms with Crippen molar-refractivity contribution in [3.63, 3.8) is 0 Å². The predicted octanol–water partition coefficient (Wildman–Crippen LogP) is 3.19. The van der Waals surface area contributed by atoms with Crippen LogP contribution in [0.1, 0.15) is 31.2 Å². The van der Waals surface area contributed by atoms with E-state index in [1.165, 1.54) is 25.7 Å². The highest BCUT2D eigenvalue weighted by atomic mass is 32.2. The molecule has 98 valence electrons. The Balaban J connectivity index is 1.84. The molecule has 0 atom stereocenters. The molecule has 1 aromatic rings. The Morgan fingerprint density at radius 3 is 2.89 bits per heavy atom. The lowest BCUT2D eigenvalue weighted by atomic mass is 10.1. The molecule has 0 aromatic heterocycles. The number of benzene rings is 1. The first-order valence-corrected chi connectivity index (χ1v) is 7.48. The minimum Gasteiger partial charge on any atom is -0.398 e. The van der Waals surface area contributed by atoms with Crippen molar-refractivity contribution >= 4 is 29.0 Å². The SMILES string of the molecule is Cc1c(N)cccc1NC(=O)CSC1CCCC1.